The molecule has 0 bridgehead atoms. The van der Waals surface area contributed by atoms with E-state index >= 15 is 0 Å². The molecule has 2 aromatic rings. The van der Waals surface area contributed by atoms with E-state index in [1.165, 1.54) is 0 Å². The van der Waals surface area contributed by atoms with Gasteiger partial charge in [-0.1, -0.05) is 6.07 Å². The number of aliphatic hydroxyl groups excluding tert-OH is 1. The van der Waals surface area contributed by atoms with Crippen molar-refractivity contribution >= 4 is 17.0 Å². The van der Waals surface area contributed by atoms with E-state index in [1.807, 2.05) is 11.6 Å². The van der Waals surface area contributed by atoms with Gasteiger partial charge in [0.2, 0.25) is 0 Å². The highest BCUT2D eigenvalue weighted by atomic mass is 16.4. The van der Waals surface area contributed by atoms with Gasteiger partial charge in [-0.05, 0) is 17.7 Å². The van der Waals surface area contributed by atoms with Crippen molar-refractivity contribution in [3.63, 3.8) is 0 Å². The van der Waals surface area contributed by atoms with Gasteiger partial charge in [0.1, 0.15) is 12.1 Å². The number of aliphatic carboxylic acids is 1. The molecule has 2 rings (SSSR count). The molecule has 0 aliphatic carbocycles. The molecule has 0 spiro atoms. The van der Waals surface area contributed by atoms with Crippen LogP contribution in [0.15, 0.2) is 24.5 Å². The Hall–Kier alpha value is -1.92. The van der Waals surface area contributed by atoms with Gasteiger partial charge in [-0.2, -0.15) is 0 Å². The normalized spacial score (nSPS) is 14.8. The second-order valence-corrected chi connectivity index (χ2v) is 3.91. The third kappa shape index (κ3) is 2.00. The molecule has 1 aromatic carbocycles. The standard InChI is InChI=1S/C11H13N3O3/c1-14-5-13-7-4-6(2-3-8(7)14)10(15)9(12)11(16)17/h2-5,9-10,15H,12H2,1H3,(H,16,17). The topological polar surface area (TPSA) is 101 Å². The molecule has 6 nitrogen and oxygen atoms in total. The van der Waals surface area contributed by atoms with Crippen LogP contribution in [0.1, 0.15) is 11.7 Å². The van der Waals surface area contributed by atoms with E-state index < -0.39 is 18.1 Å². The number of carboxylic acid groups (broad SMARTS) is 1. The Morgan fingerprint density at radius 1 is 1.53 bits per heavy atom. The molecular formula is C11H13N3O3. The minimum absolute atomic E-state index is 0.450. The predicted octanol–water partition coefficient (Wildman–Crippen LogP) is 0.0186. The fourth-order valence-electron chi connectivity index (χ4n) is 1.68. The number of benzene rings is 1. The van der Waals surface area contributed by atoms with E-state index in [-0.39, 0.29) is 0 Å². The number of hydrogen-bond acceptors (Lipinski definition) is 4. The first-order valence-corrected chi connectivity index (χ1v) is 5.08. The van der Waals surface area contributed by atoms with Crippen molar-refractivity contribution in [2.24, 2.45) is 12.8 Å². The van der Waals surface area contributed by atoms with Gasteiger partial charge >= 0.3 is 5.97 Å². The van der Waals surface area contributed by atoms with Crippen LogP contribution in [0.25, 0.3) is 11.0 Å². The smallest absolute Gasteiger partial charge is 0.323 e. The summed E-state index contributed by atoms with van der Waals surface area (Å²) in [5.41, 5.74) is 7.42. The zero-order valence-electron chi connectivity index (χ0n) is 9.24. The summed E-state index contributed by atoms with van der Waals surface area (Å²) in [7, 11) is 1.86. The number of hydrogen-bond donors (Lipinski definition) is 3. The van der Waals surface area contributed by atoms with Crippen molar-refractivity contribution in [1.82, 2.24) is 9.55 Å². The Kier molecular flexibility index (Phi) is 2.83. The zero-order valence-corrected chi connectivity index (χ0v) is 9.24. The lowest BCUT2D eigenvalue weighted by atomic mass is 10.0. The minimum atomic E-state index is -1.34. The van der Waals surface area contributed by atoms with Crippen molar-refractivity contribution in [3.05, 3.63) is 30.1 Å². The van der Waals surface area contributed by atoms with Crippen LogP contribution >= 0.6 is 0 Å². The zero-order chi connectivity index (χ0) is 12.6. The van der Waals surface area contributed by atoms with Gasteiger partial charge in [0.25, 0.3) is 0 Å². The maximum atomic E-state index is 10.7. The van der Waals surface area contributed by atoms with Crippen LogP contribution in [-0.4, -0.2) is 31.8 Å². The molecule has 0 saturated carbocycles. The molecule has 0 aliphatic heterocycles. The highest BCUT2D eigenvalue weighted by molar-refractivity contribution is 5.77. The number of aliphatic hydroxyl groups is 1. The number of carboxylic acids is 1. The first kappa shape index (κ1) is 11.6. The molecule has 2 atom stereocenters. The number of carbonyl (C=O) groups is 1. The molecule has 0 saturated heterocycles. The van der Waals surface area contributed by atoms with E-state index in [4.69, 9.17) is 10.8 Å². The molecular weight excluding hydrogens is 222 g/mol. The maximum absolute atomic E-state index is 10.7. The quantitative estimate of drug-likeness (QED) is 0.696. The maximum Gasteiger partial charge on any atom is 0.323 e. The van der Waals surface area contributed by atoms with Crippen molar-refractivity contribution in [1.29, 1.82) is 0 Å². The summed E-state index contributed by atoms with van der Waals surface area (Å²) in [6, 6.07) is 3.73. The van der Waals surface area contributed by atoms with E-state index in [0.717, 1.165) is 5.52 Å². The van der Waals surface area contributed by atoms with E-state index in [1.54, 1.807) is 24.5 Å². The van der Waals surface area contributed by atoms with Gasteiger partial charge in [0.05, 0.1) is 17.4 Å². The first-order chi connectivity index (χ1) is 8.00. The summed E-state index contributed by atoms with van der Waals surface area (Å²) >= 11 is 0. The van der Waals surface area contributed by atoms with Crippen molar-refractivity contribution < 1.29 is 15.0 Å². The van der Waals surface area contributed by atoms with Gasteiger partial charge in [-0.25, -0.2) is 4.98 Å². The Labute approximate surface area is 97.3 Å². The number of imidazole rings is 1. The summed E-state index contributed by atoms with van der Waals surface area (Å²) in [4.78, 5) is 14.8. The second-order valence-electron chi connectivity index (χ2n) is 3.91. The lowest BCUT2D eigenvalue weighted by Gasteiger charge is -2.15. The molecule has 6 heteroatoms. The number of fused-ring (bicyclic) bond motifs is 1. The van der Waals surface area contributed by atoms with Crippen LogP contribution in [0.4, 0.5) is 0 Å². The van der Waals surface area contributed by atoms with Gasteiger partial charge < -0.3 is 20.5 Å². The van der Waals surface area contributed by atoms with Gasteiger partial charge in [0, 0.05) is 7.05 Å². The lowest BCUT2D eigenvalue weighted by Crippen LogP contribution is -2.36. The predicted molar refractivity (Wildman–Crippen MR) is 61.3 cm³/mol. The van der Waals surface area contributed by atoms with Crippen molar-refractivity contribution in [2.45, 2.75) is 12.1 Å². The Balaban J connectivity index is 2.39. The molecule has 0 aliphatic rings. The summed E-state index contributed by atoms with van der Waals surface area (Å²) in [5.74, 6) is -1.24. The first-order valence-electron chi connectivity index (χ1n) is 5.08. The van der Waals surface area contributed by atoms with Crippen LogP contribution < -0.4 is 5.73 Å². The number of aryl methyl sites for hydroxylation is 1. The summed E-state index contributed by atoms with van der Waals surface area (Å²) in [6.45, 7) is 0. The van der Waals surface area contributed by atoms with Crippen LogP contribution in [0.2, 0.25) is 0 Å². The highest BCUT2D eigenvalue weighted by Gasteiger charge is 2.23. The lowest BCUT2D eigenvalue weighted by molar-refractivity contribution is -0.141. The van der Waals surface area contributed by atoms with E-state index in [9.17, 15) is 9.90 Å². The van der Waals surface area contributed by atoms with Gasteiger partial charge in [-0.3, -0.25) is 4.79 Å². The number of nitrogens with zero attached hydrogens (tertiary/aromatic N) is 2. The second kappa shape index (κ2) is 4.15. The van der Waals surface area contributed by atoms with Crippen LogP contribution in [0.3, 0.4) is 0 Å². The number of nitrogens with two attached hydrogens (primary N) is 1. The number of rotatable bonds is 3. The molecule has 2 unspecified atom stereocenters. The fraction of sp³-hybridized carbons (Fsp3) is 0.273. The van der Waals surface area contributed by atoms with Crippen LogP contribution in [0.5, 0.6) is 0 Å². The average Bonchev–Trinajstić information content (AvgIpc) is 2.68. The summed E-state index contributed by atoms with van der Waals surface area (Å²) < 4.78 is 1.84. The monoisotopic (exact) mass is 235 g/mol. The average molecular weight is 235 g/mol. The molecule has 90 valence electrons. The third-order valence-electron chi connectivity index (χ3n) is 2.72. The van der Waals surface area contributed by atoms with Gasteiger partial charge in [0.15, 0.2) is 0 Å². The highest BCUT2D eigenvalue weighted by Crippen LogP contribution is 2.21. The molecule has 17 heavy (non-hydrogen) atoms. The van der Waals surface area contributed by atoms with Crippen LogP contribution in [0, 0.1) is 0 Å². The molecule has 0 radical (unpaired) electrons. The summed E-state index contributed by atoms with van der Waals surface area (Å²) in [6.07, 6.45) is 0.414. The molecule has 1 heterocycles. The fourth-order valence-corrected chi connectivity index (χ4v) is 1.68. The molecule has 0 fully saturated rings. The molecule has 4 N–H and O–H groups in total. The van der Waals surface area contributed by atoms with Crippen molar-refractivity contribution in [3.8, 4) is 0 Å². The summed E-state index contributed by atoms with van der Waals surface area (Å²) in [5, 5.41) is 18.5. The van der Waals surface area contributed by atoms with E-state index in [0.29, 0.717) is 11.1 Å². The Morgan fingerprint density at radius 3 is 2.88 bits per heavy atom. The molecule has 1 aromatic heterocycles. The third-order valence-corrected chi connectivity index (χ3v) is 2.72. The molecule has 0 amide bonds. The van der Waals surface area contributed by atoms with Gasteiger partial charge in [-0.15, -0.1) is 0 Å². The van der Waals surface area contributed by atoms with Crippen LogP contribution in [-0.2, 0) is 11.8 Å². The number of aromatic nitrogens is 2. The minimum Gasteiger partial charge on any atom is -0.480 e. The Morgan fingerprint density at radius 2 is 2.24 bits per heavy atom. The SMILES string of the molecule is Cn1cnc2cc(C(O)C(N)C(=O)O)ccc21. The van der Waals surface area contributed by atoms with E-state index in [2.05, 4.69) is 4.98 Å². The van der Waals surface area contributed by atoms with Crippen molar-refractivity contribution in [2.75, 3.05) is 0 Å². The largest absolute Gasteiger partial charge is 0.480 e. The Bertz CT molecular complexity index is 564.